The molecule has 0 bridgehead atoms. The Balaban J connectivity index is 0.00000264. The van der Waals surface area contributed by atoms with E-state index in [0.29, 0.717) is 12.1 Å². The molecule has 1 heterocycles. The Bertz CT molecular complexity index is 494. The third-order valence-corrected chi connectivity index (χ3v) is 4.53. The van der Waals surface area contributed by atoms with E-state index in [0.717, 1.165) is 12.5 Å². The third-order valence-electron chi connectivity index (χ3n) is 4.53. The van der Waals surface area contributed by atoms with Crippen LogP contribution < -0.4 is 10.6 Å². The Morgan fingerprint density at radius 3 is 2.48 bits per heavy atom. The van der Waals surface area contributed by atoms with Gasteiger partial charge in [0.05, 0.1) is 0 Å². The van der Waals surface area contributed by atoms with E-state index in [9.17, 15) is 0 Å². The molecule has 0 unspecified atom stereocenters. The monoisotopic (exact) mass is 430 g/mol. The molecular weight excluding hydrogens is 399 g/mol. The first kappa shape index (κ1) is 20.2. The largest absolute Gasteiger partial charge is 0.354 e. The fraction of sp³-hybridized carbons (Fsp3) is 0.611. The maximum atomic E-state index is 4.36. The summed E-state index contributed by atoms with van der Waals surface area (Å²) in [4.78, 5) is 6.91. The molecule has 0 radical (unpaired) electrons. The predicted octanol–water partition coefficient (Wildman–Crippen LogP) is 3.15. The molecule has 0 spiro atoms. The van der Waals surface area contributed by atoms with Crippen LogP contribution in [0.15, 0.2) is 29.3 Å². The van der Waals surface area contributed by atoms with Crippen LogP contribution in [0, 0.1) is 6.92 Å². The molecule has 1 saturated heterocycles. The lowest BCUT2D eigenvalue weighted by atomic mass is 10.0. The summed E-state index contributed by atoms with van der Waals surface area (Å²) in [6, 6.07) is 9.65. The zero-order chi connectivity index (χ0) is 15.9. The predicted molar refractivity (Wildman–Crippen MR) is 110 cm³/mol. The lowest BCUT2D eigenvalue weighted by molar-refractivity contribution is 0.167. The molecular formula is C18H31IN4. The molecule has 1 aliphatic heterocycles. The van der Waals surface area contributed by atoms with Crippen LogP contribution in [0.2, 0.25) is 0 Å². The van der Waals surface area contributed by atoms with Gasteiger partial charge in [0.25, 0.3) is 0 Å². The van der Waals surface area contributed by atoms with Gasteiger partial charge in [-0.15, -0.1) is 24.0 Å². The number of nitrogens with zero attached hydrogens (tertiary/aromatic N) is 2. The second kappa shape index (κ2) is 10.1. The highest BCUT2D eigenvalue weighted by atomic mass is 127. The molecule has 2 rings (SSSR count). The minimum absolute atomic E-state index is 0. The van der Waals surface area contributed by atoms with Gasteiger partial charge < -0.3 is 15.5 Å². The summed E-state index contributed by atoms with van der Waals surface area (Å²) in [7, 11) is 1.84. The first-order valence-electron chi connectivity index (χ1n) is 8.36. The number of aliphatic imine (C=N–C) groups is 1. The summed E-state index contributed by atoms with van der Waals surface area (Å²) in [6.07, 6.45) is 2.37. The van der Waals surface area contributed by atoms with Gasteiger partial charge in [-0.25, -0.2) is 0 Å². The lowest BCUT2D eigenvalue weighted by Gasteiger charge is -2.35. The lowest BCUT2D eigenvalue weighted by Crippen LogP contribution is -2.49. The minimum atomic E-state index is 0. The fourth-order valence-corrected chi connectivity index (χ4v) is 2.94. The third kappa shape index (κ3) is 6.30. The topological polar surface area (TPSA) is 39.7 Å². The Kier molecular flexibility index (Phi) is 8.91. The second-order valence-electron chi connectivity index (χ2n) is 6.40. The normalized spacial score (nSPS) is 17.0. The van der Waals surface area contributed by atoms with E-state index in [1.807, 2.05) is 7.05 Å². The Morgan fingerprint density at radius 1 is 1.26 bits per heavy atom. The standard InChI is InChI=1S/C18H30N4.HI/c1-14(2)22-11-9-17(10-12-22)21-18(19-4)20-13-16-8-6-5-7-15(16)3;/h5-8,14,17H,9-13H2,1-4H3,(H2,19,20,21);1H. The summed E-state index contributed by atoms with van der Waals surface area (Å²) in [5, 5.41) is 7.00. The quantitative estimate of drug-likeness (QED) is 0.438. The minimum Gasteiger partial charge on any atom is -0.354 e. The van der Waals surface area contributed by atoms with Crippen molar-refractivity contribution in [2.24, 2.45) is 4.99 Å². The molecule has 23 heavy (non-hydrogen) atoms. The maximum absolute atomic E-state index is 4.36. The van der Waals surface area contributed by atoms with E-state index >= 15 is 0 Å². The summed E-state index contributed by atoms with van der Waals surface area (Å²) in [5.41, 5.74) is 2.63. The van der Waals surface area contributed by atoms with E-state index in [4.69, 9.17) is 0 Å². The zero-order valence-corrected chi connectivity index (χ0v) is 17.1. The Hall–Kier alpha value is -0.820. The average molecular weight is 430 g/mol. The van der Waals surface area contributed by atoms with Crippen LogP contribution in [0.3, 0.4) is 0 Å². The number of hydrogen-bond donors (Lipinski definition) is 2. The van der Waals surface area contributed by atoms with Gasteiger partial charge in [0.1, 0.15) is 0 Å². The molecule has 5 heteroatoms. The SMILES string of the molecule is CN=C(NCc1ccccc1C)NC1CCN(C(C)C)CC1.I. The van der Waals surface area contributed by atoms with Crippen molar-refractivity contribution in [1.29, 1.82) is 0 Å². The smallest absolute Gasteiger partial charge is 0.191 e. The van der Waals surface area contributed by atoms with E-state index in [1.54, 1.807) is 0 Å². The number of rotatable bonds is 4. The molecule has 1 aromatic rings. The first-order chi connectivity index (χ1) is 10.6. The van der Waals surface area contributed by atoms with Crippen molar-refractivity contribution in [3.63, 3.8) is 0 Å². The van der Waals surface area contributed by atoms with Crippen molar-refractivity contribution in [2.75, 3.05) is 20.1 Å². The van der Waals surface area contributed by atoms with Crippen LogP contribution in [0.5, 0.6) is 0 Å². The van der Waals surface area contributed by atoms with Crippen molar-refractivity contribution in [2.45, 2.75) is 52.2 Å². The number of aryl methyl sites for hydroxylation is 1. The number of likely N-dealkylation sites (tertiary alicyclic amines) is 1. The molecule has 0 aromatic heterocycles. The number of halogens is 1. The number of guanidine groups is 1. The van der Waals surface area contributed by atoms with Crippen LogP contribution in [0.25, 0.3) is 0 Å². The van der Waals surface area contributed by atoms with Crippen LogP contribution in [0.4, 0.5) is 0 Å². The van der Waals surface area contributed by atoms with Crippen LogP contribution in [-0.2, 0) is 6.54 Å². The van der Waals surface area contributed by atoms with Gasteiger partial charge in [0, 0.05) is 38.8 Å². The van der Waals surface area contributed by atoms with Gasteiger partial charge in [0.15, 0.2) is 5.96 Å². The van der Waals surface area contributed by atoms with Gasteiger partial charge in [0.2, 0.25) is 0 Å². The van der Waals surface area contributed by atoms with Gasteiger partial charge in [-0.3, -0.25) is 4.99 Å². The maximum Gasteiger partial charge on any atom is 0.191 e. The molecule has 0 atom stereocenters. The molecule has 1 aromatic carbocycles. The first-order valence-corrected chi connectivity index (χ1v) is 8.36. The van der Waals surface area contributed by atoms with E-state index < -0.39 is 0 Å². The van der Waals surface area contributed by atoms with Gasteiger partial charge in [-0.1, -0.05) is 24.3 Å². The van der Waals surface area contributed by atoms with Crippen molar-refractivity contribution in [3.05, 3.63) is 35.4 Å². The molecule has 1 aliphatic rings. The molecule has 2 N–H and O–H groups in total. The van der Waals surface area contributed by atoms with Crippen LogP contribution >= 0.6 is 24.0 Å². The molecule has 1 fully saturated rings. The van der Waals surface area contributed by atoms with E-state index in [1.165, 1.54) is 37.1 Å². The number of piperidine rings is 1. The summed E-state index contributed by atoms with van der Waals surface area (Å²) >= 11 is 0. The Morgan fingerprint density at radius 2 is 1.91 bits per heavy atom. The highest BCUT2D eigenvalue weighted by Crippen LogP contribution is 2.13. The van der Waals surface area contributed by atoms with Crippen LogP contribution in [0.1, 0.15) is 37.8 Å². The van der Waals surface area contributed by atoms with Crippen molar-refractivity contribution < 1.29 is 0 Å². The number of hydrogen-bond acceptors (Lipinski definition) is 2. The second-order valence-corrected chi connectivity index (χ2v) is 6.40. The number of nitrogens with one attached hydrogen (secondary N) is 2. The van der Waals surface area contributed by atoms with Crippen LogP contribution in [-0.4, -0.2) is 43.1 Å². The molecule has 0 aliphatic carbocycles. The highest BCUT2D eigenvalue weighted by molar-refractivity contribution is 14.0. The van der Waals surface area contributed by atoms with Gasteiger partial charge in [-0.05, 0) is 44.7 Å². The molecule has 4 nitrogen and oxygen atoms in total. The van der Waals surface area contributed by atoms with Crippen molar-refractivity contribution >= 4 is 29.9 Å². The average Bonchev–Trinajstić information content (AvgIpc) is 2.53. The fourth-order valence-electron chi connectivity index (χ4n) is 2.94. The van der Waals surface area contributed by atoms with Crippen molar-refractivity contribution in [1.82, 2.24) is 15.5 Å². The van der Waals surface area contributed by atoms with E-state index in [-0.39, 0.29) is 24.0 Å². The molecule has 0 saturated carbocycles. The summed E-state index contributed by atoms with van der Waals surface area (Å²) < 4.78 is 0. The molecule has 130 valence electrons. The Labute approximate surface area is 158 Å². The van der Waals surface area contributed by atoms with Gasteiger partial charge in [-0.2, -0.15) is 0 Å². The summed E-state index contributed by atoms with van der Waals surface area (Å²) in [6.45, 7) is 9.85. The zero-order valence-electron chi connectivity index (χ0n) is 14.8. The van der Waals surface area contributed by atoms with Gasteiger partial charge >= 0.3 is 0 Å². The highest BCUT2D eigenvalue weighted by Gasteiger charge is 2.21. The summed E-state index contributed by atoms with van der Waals surface area (Å²) in [5.74, 6) is 0.909. The molecule has 0 amide bonds. The number of benzene rings is 1. The van der Waals surface area contributed by atoms with Crippen molar-refractivity contribution in [3.8, 4) is 0 Å². The van der Waals surface area contributed by atoms with E-state index in [2.05, 4.69) is 65.6 Å².